The van der Waals surface area contributed by atoms with E-state index in [2.05, 4.69) is 0 Å². The third-order valence-electron chi connectivity index (χ3n) is 5.31. The largest absolute Gasteiger partial charge is 0.491 e. The maximum Gasteiger partial charge on any atom is 0.282 e. The van der Waals surface area contributed by atoms with Crippen LogP contribution in [0, 0.1) is 6.92 Å². The summed E-state index contributed by atoms with van der Waals surface area (Å²) in [5.74, 6) is 0.0370. The average molecular weight is 427 g/mol. The number of ether oxygens (including phenoxy) is 1. The molecule has 4 rings (SSSR count). The maximum atomic E-state index is 13.6. The maximum absolute atomic E-state index is 13.6. The molecule has 0 bridgehead atoms. The zero-order valence-electron chi connectivity index (χ0n) is 18.7. The lowest BCUT2D eigenvalue weighted by atomic mass is 10.0. The van der Waals surface area contributed by atoms with Gasteiger partial charge in [0.25, 0.3) is 11.8 Å². The number of amides is 2. The van der Waals surface area contributed by atoms with Crippen molar-refractivity contribution in [2.75, 3.05) is 16.8 Å². The Morgan fingerprint density at radius 2 is 1.53 bits per heavy atom. The van der Waals surface area contributed by atoms with Gasteiger partial charge >= 0.3 is 0 Å². The molecule has 0 fully saturated rings. The molecule has 0 radical (unpaired) electrons. The molecule has 0 aromatic heterocycles. The Labute approximate surface area is 188 Å². The molecule has 1 heterocycles. The zero-order valence-corrected chi connectivity index (χ0v) is 18.7. The number of rotatable bonds is 6. The highest BCUT2D eigenvalue weighted by Gasteiger charge is 2.42. The van der Waals surface area contributed by atoms with Gasteiger partial charge in [-0.05, 0) is 68.3 Å². The van der Waals surface area contributed by atoms with Gasteiger partial charge in [0.15, 0.2) is 0 Å². The fourth-order valence-electron chi connectivity index (χ4n) is 3.84. The lowest BCUT2D eigenvalue weighted by molar-refractivity contribution is -0.120. The molecular formula is C27H26N2O3. The van der Waals surface area contributed by atoms with Crippen LogP contribution in [0.1, 0.15) is 25.0 Å². The Morgan fingerprint density at radius 1 is 0.844 bits per heavy atom. The number of aryl methyl sites for hydroxylation is 1. The number of imide groups is 1. The van der Waals surface area contributed by atoms with Crippen LogP contribution < -0.4 is 14.5 Å². The van der Waals surface area contributed by atoms with Gasteiger partial charge in [-0.3, -0.25) is 9.59 Å². The van der Waals surface area contributed by atoms with Crippen LogP contribution in [0.5, 0.6) is 5.75 Å². The molecule has 5 nitrogen and oxygen atoms in total. The topological polar surface area (TPSA) is 49.9 Å². The van der Waals surface area contributed by atoms with Crippen LogP contribution in [-0.2, 0) is 9.59 Å². The van der Waals surface area contributed by atoms with Crippen molar-refractivity contribution in [2.24, 2.45) is 0 Å². The fraction of sp³-hybridized carbons (Fsp3) is 0.185. The molecule has 3 aromatic carbocycles. The van der Waals surface area contributed by atoms with Gasteiger partial charge < -0.3 is 9.64 Å². The van der Waals surface area contributed by atoms with E-state index in [1.165, 1.54) is 4.90 Å². The summed E-state index contributed by atoms with van der Waals surface area (Å²) in [5.41, 5.74) is 3.76. The summed E-state index contributed by atoms with van der Waals surface area (Å²) >= 11 is 0. The third-order valence-corrected chi connectivity index (χ3v) is 5.31. The van der Waals surface area contributed by atoms with E-state index >= 15 is 0 Å². The van der Waals surface area contributed by atoms with Crippen LogP contribution in [-0.4, -0.2) is 25.0 Å². The second-order valence-corrected chi connectivity index (χ2v) is 8.09. The zero-order chi connectivity index (χ0) is 22.8. The molecular weight excluding hydrogens is 400 g/mol. The summed E-state index contributed by atoms with van der Waals surface area (Å²) in [7, 11) is 1.81. The van der Waals surface area contributed by atoms with E-state index in [4.69, 9.17) is 4.74 Å². The van der Waals surface area contributed by atoms with Gasteiger partial charge in [0.2, 0.25) is 0 Å². The van der Waals surface area contributed by atoms with Gasteiger partial charge in [0.1, 0.15) is 11.4 Å². The van der Waals surface area contributed by atoms with E-state index in [9.17, 15) is 9.59 Å². The van der Waals surface area contributed by atoms with E-state index in [1.807, 2.05) is 101 Å². The number of hydrogen-bond donors (Lipinski definition) is 0. The van der Waals surface area contributed by atoms with Crippen molar-refractivity contribution in [1.29, 1.82) is 0 Å². The molecule has 0 N–H and O–H groups in total. The minimum Gasteiger partial charge on any atom is -0.491 e. The summed E-state index contributed by atoms with van der Waals surface area (Å²) in [4.78, 5) is 30.3. The predicted molar refractivity (Wildman–Crippen MR) is 128 cm³/mol. The van der Waals surface area contributed by atoms with Crippen molar-refractivity contribution < 1.29 is 14.3 Å². The highest BCUT2D eigenvalue weighted by molar-refractivity contribution is 6.46. The third kappa shape index (κ3) is 4.02. The summed E-state index contributed by atoms with van der Waals surface area (Å²) in [6, 6.07) is 24.3. The quantitative estimate of drug-likeness (QED) is 0.508. The average Bonchev–Trinajstić information content (AvgIpc) is 3.04. The normalized spacial score (nSPS) is 13.8. The van der Waals surface area contributed by atoms with E-state index in [-0.39, 0.29) is 17.9 Å². The first kappa shape index (κ1) is 21.4. The Hall–Kier alpha value is -3.86. The van der Waals surface area contributed by atoms with Gasteiger partial charge in [-0.2, -0.15) is 0 Å². The Kier molecular flexibility index (Phi) is 5.82. The number of carbonyl (C=O) groups excluding carboxylic acids is 2. The molecule has 3 aromatic rings. The molecule has 1 aliphatic heterocycles. The first-order valence-corrected chi connectivity index (χ1v) is 10.6. The highest BCUT2D eigenvalue weighted by atomic mass is 16.5. The number of carbonyl (C=O) groups is 2. The molecule has 0 aliphatic carbocycles. The smallest absolute Gasteiger partial charge is 0.282 e. The van der Waals surface area contributed by atoms with Gasteiger partial charge in [-0.1, -0.05) is 42.5 Å². The highest BCUT2D eigenvalue weighted by Crippen LogP contribution is 2.36. The number of nitrogens with zero attached hydrogens (tertiary/aromatic N) is 2. The number of benzene rings is 3. The van der Waals surface area contributed by atoms with Crippen LogP contribution in [0.3, 0.4) is 0 Å². The Morgan fingerprint density at radius 3 is 2.16 bits per heavy atom. The van der Waals surface area contributed by atoms with Crippen molar-refractivity contribution >= 4 is 28.8 Å². The lowest BCUT2D eigenvalue weighted by Gasteiger charge is -2.21. The van der Waals surface area contributed by atoms with Crippen LogP contribution in [0.25, 0.3) is 5.57 Å². The number of likely N-dealkylation sites (N-methyl/N-ethyl adjacent to an activating group) is 1. The summed E-state index contributed by atoms with van der Waals surface area (Å²) < 4.78 is 5.74. The summed E-state index contributed by atoms with van der Waals surface area (Å²) in [5, 5.41) is 0. The minimum atomic E-state index is -0.343. The lowest BCUT2D eigenvalue weighted by Crippen LogP contribution is -2.34. The SMILES string of the molecule is Cc1cccc(N2C(=O)C(c3ccc(OC(C)C)cc3)=C(N(C)c3ccccc3)C2=O)c1. The Bertz CT molecular complexity index is 1180. The van der Waals surface area contributed by atoms with Crippen LogP contribution in [0.4, 0.5) is 11.4 Å². The number of anilines is 2. The van der Waals surface area contributed by atoms with Gasteiger partial charge in [-0.15, -0.1) is 0 Å². The monoisotopic (exact) mass is 426 g/mol. The van der Waals surface area contributed by atoms with Crippen LogP contribution in [0.2, 0.25) is 0 Å². The molecule has 32 heavy (non-hydrogen) atoms. The molecule has 0 spiro atoms. The van der Waals surface area contributed by atoms with Gasteiger partial charge in [0, 0.05) is 12.7 Å². The second kappa shape index (κ2) is 8.71. The molecule has 5 heteroatoms. The fourth-order valence-corrected chi connectivity index (χ4v) is 3.84. The summed E-state index contributed by atoms with van der Waals surface area (Å²) in [6.07, 6.45) is 0.0475. The molecule has 0 unspecified atom stereocenters. The van der Waals surface area contributed by atoms with Crippen molar-refractivity contribution in [2.45, 2.75) is 26.9 Å². The van der Waals surface area contributed by atoms with Crippen molar-refractivity contribution in [3.8, 4) is 5.75 Å². The number of hydrogen-bond acceptors (Lipinski definition) is 4. The standard InChI is InChI=1S/C27H26N2O3/c1-18(2)32-23-15-13-20(14-16-23)24-25(28(4)21-10-6-5-7-11-21)27(31)29(26(24)30)22-12-8-9-19(3)17-22/h5-18H,1-4H3. The first-order valence-electron chi connectivity index (χ1n) is 10.6. The second-order valence-electron chi connectivity index (χ2n) is 8.09. The van der Waals surface area contributed by atoms with Gasteiger partial charge in [0.05, 0.1) is 17.4 Å². The Balaban J connectivity index is 1.83. The van der Waals surface area contributed by atoms with Crippen molar-refractivity contribution in [3.63, 3.8) is 0 Å². The van der Waals surface area contributed by atoms with Crippen LogP contribution >= 0.6 is 0 Å². The molecule has 0 saturated carbocycles. The molecule has 1 aliphatic rings. The van der Waals surface area contributed by atoms with E-state index in [0.29, 0.717) is 22.5 Å². The van der Waals surface area contributed by atoms with E-state index in [1.54, 1.807) is 11.0 Å². The molecule has 0 atom stereocenters. The van der Waals surface area contributed by atoms with E-state index in [0.717, 1.165) is 17.0 Å². The van der Waals surface area contributed by atoms with Crippen molar-refractivity contribution in [3.05, 3.63) is 95.7 Å². The molecule has 162 valence electrons. The molecule has 2 amide bonds. The van der Waals surface area contributed by atoms with Gasteiger partial charge in [-0.25, -0.2) is 4.90 Å². The first-order chi connectivity index (χ1) is 15.4. The molecule has 0 saturated heterocycles. The minimum absolute atomic E-state index is 0.0475. The van der Waals surface area contributed by atoms with Crippen molar-refractivity contribution in [1.82, 2.24) is 0 Å². The van der Waals surface area contributed by atoms with E-state index < -0.39 is 0 Å². The number of para-hydroxylation sites is 1. The van der Waals surface area contributed by atoms with Crippen LogP contribution in [0.15, 0.2) is 84.6 Å². The summed E-state index contributed by atoms with van der Waals surface area (Å²) in [6.45, 7) is 5.86. The predicted octanol–water partition coefficient (Wildman–Crippen LogP) is 5.20.